The van der Waals surface area contributed by atoms with Crippen LogP contribution < -0.4 is 5.32 Å². The summed E-state index contributed by atoms with van der Waals surface area (Å²) in [4.78, 5) is 22.1. The van der Waals surface area contributed by atoms with E-state index in [1.54, 1.807) is 0 Å². The van der Waals surface area contributed by atoms with Gasteiger partial charge in [-0.1, -0.05) is 26.0 Å². The van der Waals surface area contributed by atoms with E-state index >= 15 is 0 Å². The van der Waals surface area contributed by atoms with E-state index in [2.05, 4.69) is 11.4 Å². The minimum Gasteiger partial charge on any atom is -0.481 e. The molecule has 1 amide bonds. The molecule has 108 valence electrons. The molecule has 4 nitrogen and oxygen atoms in total. The van der Waals surface area contributed by atoms with Gasteiger partial charge in [-0.25, -0.2) is 0 Å². The Morgan fingerprint density at radius 1 is 1.35 bits per heavy atom. The van der Waals surface area contributed by atoms with Crippen molar-refractivity contribution in [3.8, 4) is 0 Å². The van der Waals surface area contributed by atoms with E-state index < -0.39 is 5.97 Å². The maximum absolute atomic E-state index is 11.3. The molecule has 1 aliphatic rings. The van der Waals surface area contributed by atoms with Crippen LogP contribution in [0.15, 0.2) is 18.2 Å². The second-order valence-corrected chi connectivity index (χ2v) is 6.27. The number of nitrogens with one attached hydrogen (secondary N) is 1. The summed E-state index contributed by atoms with van der Waals surface area (Å²) >= 11 is 0. The zero-order chi connectivity index (χ0) is 14.8. The minimum atomic E-state index is -0.747. The monoisotopic (exact) mass is 275 g/mol. The summed E-state index contributed by atoms with van der Waals surface area (Å²) in [6.45, 7) is 3.97. The molecule has 1 heterocycles. The van der Waals surface area contributed by atoms with E-state index in [1.807, 2.05) is 26.0 Å². The van der Waals surface area contributed by atoms with E-state index in [9.17, 15) is 9.59 Å². The molecule has 2 rings (SSSR count). The smallest absolute Gasteiger partial charge is 0.303 e. The van der Waals surface area contributed by atoms with Crippen LogP contribution in [0.5, 0.6) is 0 Å². The Bertz CT molecular complexity index is 535. The summed E-state index contributed by atoms with van der Waals surface area (Å²) in [6.07, 6.45) is 3.22. The van der Waals surface area contributed by atoms with Gasteiger partial charge in [0.15, 0.2) is 0 Å². The number of rotatable bonds is 5. The molecule has 0 fully saturated rings. The number of hydrogen-bond acceptors (Lipinski definition) is 2. The molecule has 0 spiro atoms. The van der Waals surface area contributed by atoms with Crippen LogP contribution in [0.1, 0.15) is 44.2 Å². The van der Waals surface area contributed by atoms with Crippen molar-refractivity contribution in [3.63, 3.8) is 0 Å². The molecular weight excluding hydrogens is 254 g/mol. The Morgan fingerprint density at radius 2 is 2.10 bits per heavy atom. The first-order valence-electron chi connectivity index (χ1n) is 6.99. The number of benzene rings is 1. The predicted octanol–water partition coefficient (Wildman–Crippen LogP) is 3.00. The molecule has 0 aromatic heterocycles. The molecular formula is C16H21NO3. The lowest BCUT2D eigenvalue weighted by molar-refractivity contribution is -0.139. The molecule has 0 aliphatic carbocycles. The maximum atomic E-state index is 11.3. The van der Waals surface area contributed by atoms with Gasteiger partial charge in [0.25, 0.3) is 0 Å². The van der Waals surface area contributed by atoms with Crippen molar-refractivity contribution in [1.82, 2.24) is 0 Å². The third-order valence-electron chi connectivity index (χ3n) is 3.79. The largest absolute Gasteiger partial charge is 0.481 e. The number of carbonyl (C=O) groups is 2. The van der Waals surface area contributed by atoms with Crippen LogP contribution >= 0.6 is 0 Å². The van der Waals surface area contributed by atoms with Gasteiger partial charge in [0.05, 0.1) is 6.42 Å². The highest BCUT2D eigenvalue weighted by Crippen LogP contribution is 2.29. The van der Waals surface area contributed by atoms with Crippen LogP contribution in [0.4, 0.5) is 5.69 Å². The SMILES string of the molecule is CC(C)(CCc1ccc2c(c1)CCC(=O)N2)CC(=O)O. The van der Waals surface area contributed by atoms with E-state index in [0.29, 0.717) is 6.42 Å². The van der Waals surface area contributed by atoms with Crippen molar-refractivity contribution in [2.24, 2.45) is 5.41 Å². The average molecular weight is 275 g/mol. The summed E-state index contributed by atoms with van der Waals surface area (Å²) in [7, 11) is 0. The Labute approximate surface area is 119 Å². The highest BCUT2D eigenvalue weighted by molar-refractivity contribution is 5.93. The first-order valence-corrected chi connectivity index (χ1v) is 6.99. The quantitative estimate of drug-likeness (QED) is 0.868. The Balaban J connectivity index is 2.01. The number of carboxylic acids is 1. The van der Waals surface area contributed by atoms with Gasteiger partial charge < -0.3 is 10.4 Å². The van der Waals surface area contributed by atoms with Crippen molar-refractivity contribution in [1.29, 1.82) is 0 Å². The number of carboxylic acid groups (broad SMARTS) is 1. The fraction of sp³-hybridized carbons (Fsp3) is 0.500. The Morgan fingerprint density at radius 3 is 2.80 bits per heavy atom. The zero-order valence-corrected chi connectivity index (χ0v) is 12.0. The molecule has 1 aromatic carbocycles. The van der Waals surface area contributed by atoms with Crippen LogP contribution in [-0.2, 0) is 22.4 Å². The molecule has 1 aliphatic heterocycles. The van der Waals surface area contributed by atoms with Crippen LogP contribution in [0.25, 0.3) is 0 Å². The normalized spacial score (nSPS) is 14.6. The highest BCUT2D eigenvalue weighted by atomic mass is 16.4. The lowest BCUT2D eigenvalue weighted by atomic mass is 9.83. The van der Waals surface area contributed by atoms with Gasteiger partial charge in [-0.3, -0.25) is 9.59 Å². The van der Waals surface area contributed by atoms with E-state index in [0.717, 1.165) is 24.9 Å². The molecule has 1 aromatic rings. The number of aliphatic carboxylic acids is 1. The van der Waals surface area contributed by atoms with Crippen LogP contribution in [-0.4, -0.2) is 17.0 Å². The fourth-order valence-corrected chi connectivity index (χ4v) is 2.57. The third-order valence-corrected chi connectivity index (χ3v) is 3.79. The average Bonchev–Trinajstić information content (AvgIpc) is 2.35. The molecule has 0 atom stereocenters. The first kappa shape index (κ1) is 14.6. The van der Waals surface area contributed by atoms with Gasteiger partial charge in [0.1, 0.15) is 0 Å². The van der Waals surface area contributed by atoms with E-state index in [4.69, 9.17) is 5.11 Å². The standard InChI is InChI=1S/C16H21NO3/c1-16(2,10-15(19)20)8-7-11-3-5-13-12(9-11)4-6-14(18)17-13/h3,5,9H,4,6-8,10H2,1-2H3,(H,17,18)(H,19,20). The minimum absolute atomic E-state index is 0.0767. The van der Waals surface area contributed by atoms with Crippen molar-refractivity contribution in [2.45, 2.75) is 46.0 Å². The van der Waals surface area contributed by atoms with Crippen molar-refractivity contribution < 1.29 is 14.7 Å². The number of hydrogen-bond donors (Lipinski definition) is 2. The van der Waals surface area contributed by atoms with Gasteiger partial charge in [-0.2, -0.15) is 0 Å². The second-order valence-electron chi connectivity index (χ2n) is 6.27. The second kappa shape index (κ2) is 5.65. The molecule has 20 heavy (non-hydrogen) atoms. The zero-order valence-electron chi connectivity index (χ0n) is 12.0. The number of aryl methyl sites for hydroxylation is 2. The number of fused-ring (bicyclic) bond motifs is 1. The van der Waals surface area contributed by atoms with E-state index in [-0.39, 0.29) is 17.7 Å². The lowest BCUT2D eigenvalue weighted by Crippen LogP contribution is -2.19. The third kappa shape index (κ3) is 3.83. The molecule has 0 unspecified atom stereocenters. The molecule has 0 saturated heterocycles. The highest BCUT2D eigenvalue weighted by Gasteiger charge is 2.22. The first-order chi connectivity index (χ1) is 9.35. The van der Waals surface area contributed by atoms with Gasteiger partial charge in [0.2, 0.25) is 5.91 Å². The van der Waals surface area contributed by atoms with Gasteiger partial charge >= 0.3 is 5.97 Å². The number of anilines is 1. The molecule has 2 N–H and O–H groups in total. The fourth-order valence-electron chi connectivity index (χ4n) is 2.57. The Hall–Kier alpha value is -1.84. The summed E-state index contributed by atoms with van der Waals surface area (Å²) < 4.78 is 0. The number of carbonyl (C=O) groups excluding carboxylic acids is 1. The number of amides is 1. The van der Waals surface area contributed by atoms with Gasteiger partial charge in [0, 0.05) is 12.1 Å². The van der Waals surface area contributed by atoms with E-state index in [1.165, 1.54) is 11.1 Å². The van der Waals surface area contributed by atoms with Crippen LogP contribution in [0.2, 0.25) is 0 Å². The Kier molecular flexibility index (Phi) is 4.12. The summed E-state index contributed by atoms with van der Waals surface area (Å²) in [6, 6.07) is 6.10. The molecule has 0 saturated carbocycles. The molecule has 0 bridgehead atoms. The summed E-state index contributed by atoms with van der Waals surface area (Å²) in [5.74, 6) is -0.670. The lowest BCUT2D eigenvalue weighted by Gasteiger charge is -2.23. The van der Waals surface area contributed by atoms with Gasteiger partial charge in [-0.15, -0.1) is 0 Å². The van der Waals surface area contributed by atoms with Crippen molar-refractivity contribution in [2.75, 3.05) is 5.32 Å². The predicted molar refractivity (Wildman–Crippen MR) is 77.7 cm³/mol. The van der Waals surface area contributed by atoms with Crippen molar-refractivity contribution in [3.05, 3.63) is 29.3 Å². The summed E-state index contributed by atoms with van der Waals surface area (Å²) in [5.41, 5.74) is 3.10. The van der Waals surface area contributed by atoms with Crippen molar-refractivity contribution >= 4 is 17.6 Å². The van der Waals surface area contributed by atoms with Crippen LogP contribution in [0, 0.1) is 5.41 Å². The van der Waals surface area contributed by atoms with Crippen LogP contribution in [0.3, 0.4) is 0 Å². The molecule has 0 radical (unpaired) electrons. The van der Waals surface area contributed by atoms with Gasteiger partial charge in [-0.05, 0) is 41.9 Å². The summed E-state index contributed by atoms with van der Waals surface area (Å²) in [5, 5.41) is 11.8. The maximum Gasteiger partial charge on any atom is 0.303 e. The topological polar surface area (TPSA) is 66.4 Å². The molecule has 4 heteroatoms.